The molecule has 7 heteroatoms. The first kappa shape index (κ1) is 21.1. The summed E-state index contributed by atoms with van der Waals surface area (Å²) in [6.07, 6.45) is 0.829. The molecular formula is C22H27ClN4O2. The molecule has 2 N–H and O–H groups in total. The van der Waals surface area contributed by atoms with Gasteiger partial charge in [-0.05, 0) is 43.2 Å². The SMILES string of the molecule is Cc1ccc(N)cc1C(=O)N1CCN(C2CCN(c3ccccc3)C2=O)CC1.Cl. The van der Waals surface area contributed by atoms with Crippen molar-refractivity contribution in [3.63, 3.8) is 0 Å². The van der Waals surface area contributed by atoms with Gasteiger partial charge in [0.1, 0.15) is 0 Å². The fourth-order valence-corrected chi connectivity index (χ4v) is 4.15. The maximum atomic E-state index is 12.9. The standard InChI is InChI=1S/C22H26N4O2.ClH/c1-16-7-8-17(23)15-19(16)21(27)25-13-11-24(12-14-25)20-9-10-26(22(20)28)18-5-3-2-4-6-18;/h2-8,15,20H,9-14,23H2,1H3;1H. The fourth-order valence-electron chi connectivity index (χ4n) is 4.15. The van der Waals surface area contributed by atoms with Gasteiger partial charge >= 0.3 is 0 Å². The van der Waals surface area contributed by atoms with Crippen LogP contribution in [0.4, 0.5) is 11.4 Å². The average molecular weight is 415 g/mol. The number of nitrogen functional groups attached to an aromatic ring is 1. The number of piperazine rings is 1. The molecular weight excluding hydrogens is 388 g/mol. The Morgan fingerprint density at radius 1 is 1.00 bits per heavy atom. The number of nitrogens with zero attached hydrogens (tertiary/aromatic N) is 3. The smallest absolute Gasteiger partial charge is 0.254 e. The molecule has 29 heavy (non-hydrogen) atoms. The summed E-state index contributed by atoms with van der Waals surface area (Å²) < 4.78 is 0. The Morgan fingerprint density at radius 2 is 1.69 bits per heavy atom. The number of anilines is 2. The summed E-state index contributed by atoms with van der Waals surface area (Å²) in [7, 11) is 0. The first-order valence-corrected chi connectivity index (χ1v) is 9.80. The minimum Gasteiger partial charge on any atom is -0.399 e. The Kier molecular flexibility index (Phi) is 6.45. The molecule has 1 atom stereocenters. The van der Waals surface area contributed by atoms with E-state index in [1.807, 2.05) is 59.2 Å². The molecule has 2 aromatic carbocycles. The molecule has 4 rings (SSSR count). The molecule has 6 nitrogen and oxygen atoms in total. The van der Waals surface area contributed by atoms with E-state index in [2.05, 4.69) is 4.90 Å². The Morgan fingerprint density at radius 3 is 2.38 bits per heavy atom. The highest BCUT2D eigenvalue weighted by molar-refractivity contribution is 5.99. The number of aryl methyl sites for hydroxylation is 1. The summed E-state index contributed by atoms with van der Waals surface area (Å²) in [5.74, 6) is 0.186. The molecule has 0 aliphatic carbocycles. The van der Waals surface area contributed by atoms with Crippen LogP contribution in [-0.4, -0.2) is 60.4 Å². The number of rotatable bonds is 3. The van der Waals surface area contributed by atoms with Gasteiger partial charge in [-0.15, -0.1) is 12.4 Å². The van der Waals surface area contributed by atoms with E-state index in [1.54, 1.807) is 6.07 Å². The van der Waals surface area contributed by atoms with Crippen LogP contribution in [0.25, 0.3) is 0 Å². The number of amides is 2. The summed E-state index contributed by atoms with van der Waals surface area (Å²) in [5, 5.41) is 0. The fraction of sp³-hybridized carbons (Fsp3) is 0.364. The van der Waals surface area contributed by atoms with Gasteiger partial charge in [-0.2, -0.15) is 0 Å². The summed E-state index contributed by atoms with van der Waals surface area (Å²) >= 11 is 0. The second-order valence-corrected chi connectivity index (χ2v) is 7.53. The zero-order chi connectivity index (χ0) is 19.7. The third kappa shape index (κ3) is 4.23. The van der Waals surface area contributed by atoms with Gasteiger partial charge < -0.3 is 15.5 Å². The van der Waals surface area contributed by atoms with Crippen molar-refractivity contribution in [3.8, 4) is 0 Å². The molecule has 2 amide bonds. The van der Waals surface area contributed by atoms with E-state index in [-0.39, 0.29) is 30.3 Å². The van der Waals surface area contributed by atoms with Crippen molar-refractivity contribution >= 4 is 35.6 Å². The molecule has 154 valence electrons. The lowest BCUT2D eigenvalue weighted by molar-refractivity contribution is -0.122. The lowest BCUT2D eigenvalue weighted by atomic mass is 10.1. The van der Waals surface area contributed by atoms with Crippen molar-refractivity contribution in [2.45, 2.75) is 19.4 Å². The van der Waals surface area contributed by atoms with Crippen LogP contribution in [0.15, 0.2) is 48.5 Å². The monoisotopic (exact) mass is 414 g/mol. The summed E-state index contributed by atoms with van der Waals surface area (Å²) in [6, 6.07) is 15.2. The highest BCUT2D eigenvalue weighted by atomic mass is 35.5. The zero-order valence-electron chi connectivity index (χ0n) is 16.6. The summed E-state index contributed by atoms with van der Waals surface area (Å²) in [4.78, 5) is 31.8. The second kappa shape index (κ2) is 8.84. The highest BCUT2D eigenvalue weighted by Gasteiger charge is 2.38. The molecule has 0 aromatic heterocycles. The highest BCUT2D eigenvalue weighted by Crippen LogP contribution is 2.25. The number of carbonyl (C=O) groups is 2. The van der Waals surface area contributed by atoms with Crippen LogP contribution in [-0.2, 0) is 4.79 Å². The number of benzene rings is 2. The van der Waals surface area contributed by atoms with E-state index < -0.39 is 0 Å². The molecule has 2 heterocycles. The van der Waals surface area contributed by atoms with Gasteiger partial charge in [-0.25, -0.2) is 0 Å². The van der Waals surface area contributed by atoms with Crippen LogP contribution in [0.1, 0.15) is 22.3 Å². The predicted octanol–water partition coefficient (Wildman–Crippen LogP) is 2.56. The maximum Gasteiger partial charge on any atom is 0.254 e. The lowest BCUT2D eigenvalue weighted by Crippen LogP contribution is -2.53. The van der Waals surface area contributed by atoms with Crippen molar-refractivity contribution < 1.29 is 9.59 Å². The molecule has 2 aliphatic heterocycles. The molecule has 0 radical (unpaired) electrons. The number of hydrogen-bond donors (Lipinski definition) is 1. The third-order valence-corrected chi connectivity index (χ3v) is 5.78. The Balaban J connectivity index is 0.00000240. The van der Waals surface area contributed by atoms with Crippen molar-refractivity contribution in [1.29, 1.82) is 0 Å². The van der Waals surface area contributed by atoms with Gasteiger partial charge in [0.2, 0.25) is 5.91 Å². The van der Waals surface area contributed by atoms with Gasteiger partial charge in [-0.1, -0.05) is 24.3 Å². The molecule has 0 saturated carbocycles. The molecule has 2 aliphatic rings. The topological polar surface area (TPSA) is 69.9 Å². The van der Waals surface area contributed by atoms with Crippen LogP contribution in [0, 0.1) is 6.92 Å². The van der Waals surface area contributed by atoms with Crippen LogP contribution < -0.4 is 10.6 Å². The van der Waals surface area contributed by atoms with E-state index in [9.17, 15) is 9.59 Å². The number of nitrogens with two attached hydrogens (primary N) is 1. The van der Waals surface area contributed by atoms with Crippen LogP contribution in [0.5, 0.6) is 0 Å². The van der Waals surface area contributed by atoms with E-state index in [0.717, 1.165) is 24.2 Å². The Bertz CT molecular complexity index is 882. The molecule has 2 fully saturated rings. The van der Waals surface area contributed by atoms with Crippen LogP contribution in [0.3, 0.4) is 0 Å². The second-order valence-electron chi connectivity index (χ2n) is 7.53. The first-order chi connectivity index (χ1) is 13.5. The minimum atomic E-state index is -0.0911. The van der Waals surface area contributed by atoms with Crippen LogP contribution in [0.2, 0.25) is 0 Å². The van der Waals surface area contributed by atoms with Gasteiger partial charge in [0.25, 0.3) is 5.91 Å². The van der Waals surface area contributed by atoms with Gasteiger partial charge in [0, 0.05) is 49.7 Å². The summed E-state index contributed by atoms with van der Waals surface area (Å²) in [6.45, 7) is 5.36. The molecule has 0 bridgehead atoms. The predicted molar refractivity (Wildman–Crippen MR) is 118 cm³/mol. The van der Waals surface area contributed by atoms with E-state index in [0.29, 0.717) is 37.4 Å². The molecule has 2 saturated heterocycles. The van der Waals surface area contributed by atoms with Gasteiger partial charge in [-0.3, -0.25) is 14.5 Å². The first-order valence-electron chi connectivity index (χ1n) is 9.80. The zero-order valence-corrected chi connectivity index (χ0v) is 17.4. The van der Waals surface area contributed by atoms with E-state index >= 15 is 0 Å². The third-order valence-electron chi connectivity index (χ3n) is 5.78. The van der Waals surface area contributed by atoms with Crippen molar-refractivity contribution in [2.24, 2.45) is 0 Å². The van der Waals surface area contributed by atoms with Gasteiger partial charge in [0.15, 0.2) is 0 Å². The molecule has 1 unspecified atom stereocenters. The van der Waals surface area contributed by atoms with E-state index in [4.69, 9.17) is 5.73 Å². The number of carbonyl (C=O) groups excluding carboxylic acids is 2. The average Bonchev–Trinajstić information content (AvgIpc) is 3.11. The largest absolute Gasteiger partial charge is 0.399 e. The number of hydrogen-bond acceptors (Lipinski definition) is 4. The minimum absolute atomic E-state index is 0. The van der Waals surface area contributed by atoms with Crippen LogP contribution >= 0.6 is 12.4 Å². The Hall–Kier alpha value is -2.57. The van der Waals surface area contributed by atoms with Crippen molar-refractivity contribution in [2.75, 3.05) is 43.4 Å². The normalized spacial score (nSPS) is 19.9. The van der Waals surface area contributed by atoms with Crippen molar-refractivity contribution in [3.05, 3.63) is 59.7 Å². The van der Waals surface area contributed by atoms with E-state index in [1.165, 1.54) is 0 Å². The number of para-hydroxylation sites is 1. The quantitative estimate of drug-likeness (QED) is 0.783. The lowest BCUT2D eigenvalue weighted by Gasteiger charge is -2.37. The number of halogens is 1. The van der Waals surface area contributed by atoms with Crippen molar-refractivity contribution in [1.82, 2.24) is 9.80 Å². The maximum absolute atomic E-state index is 12.9. The molecule has 2 aromatic rings. The summed E-state index contributed by atoms with van der Waals surface area (Å²) in [5.41, 5.74) is 9.02. The van der Waals surface area contributed by atoms with Gasteiger partial charge in [0.05, 0.1) is 6.04 Å². The Labute approximate surface area is 177 Å². The molecule has 0 spiro atoms.